The molecule has 2 heterocycles. The average molecular weight is 248 g/mol. The van der Waals surface area contributed by atoms with Crippen molar-refractivity contribution in [3.63, 3.8) is 0 Å². The van der Waals surface area contributed by atoms with Crippen molar-refractivity contribution in [3.8, 4) is 0 Å². The van der Waals surface area contributed by atoms with Gasteiger partial charge in [-0.05, 0) is 25.5 Å². The number of aromatic nitrogens is 1. The van der Waals surface area contributed by atoms with Crippen LogP contribution in [0.25, 0.3) is 0 Å². The molecule has 5 heteroatoms. The number of piperidine rings is 1. The smallest absolute Gasteiger partial charge is 0.228 e. The fourth-order valence-electron chi connectivity index (χ4n) is 2.18. The van der Waals surface area contributed by atoms with Gasteiger partial charge in [0.15, 0.2) is 0 Å². The third-order valence-electron chi connectivity index (χ3n) is 3.21. The number of carbonyl (C=O) groups is 1. The van der Waals surface area contributed by atoms with E-state index in [1.54, 1.807) is 12.4 Å². The van der Waals surface area contributed by atoms with Crippen molar-refractivity contribution in [2.24, 2.45) is 5.92 Å². The van der Waals surface area contributed by atoms with Gasteiger partial charge in [0.1, 0.15) is 0 Å². The predicted octanol–water partition coefficient (Wildman–Crippen LogP) is 1.09. The summed E-state index contributed by atoms with van der Waals surface area (Å²) in [6, 6.07) is 1.90. The molecule has 2 rings (SSSR count). The number of nitrogens with zero attached hydrogens (tertiary/aromatic N) is 2. The molecule has 1 fully saturated rings. The Balaban J connectivity index is 2.06. The largest absolute Gasteiger partial charge is 0.376 e. The van der Waals surface area contributed by atoms with Crippen LogP contribution >= 0.6 is 0 Å². The quantitative estimate of drug-likeness (QED) is 0.840. The first-order valence-corrected chi connectivity index (χ1v) is 6.31. The summed E-state index contributed by atoms with van der Waals surface area (Å²) in [5.41, 5.74) is 1.75. The fraction of sp³-hybridized carbons (Fsp3) is 0.538. The molecular formula is C13H20N4O. The van der Waals surface area contributed by atoms with E-state index in [0.29, 0.717) is 0 Å². The van der Waals surface area contributed by atoms with Crippen LogP contribution in [0.5, 0.6) is 0 Å². The summed E-state index contributed by atoms with van der Waals surface area (Å²) >= 11 is 0. The first-order chi connectivity index (χ1) is 8.68. The van der Waals surface area contributed by atoms with Gasteiger partial charge in [0.2, 0.25) is 5.91 Å². The normalized spacial score (nSPS) is 19.3. The number of hydrogen-bond donors (Lipinski definition) is 2. The van der Waals surface area contributed by atoms with Crippen molar-refractivity contribution in [1.29, 1.82) is 0 Å². The first-order valence-electron chi connectivity index (χ1n) is 6.31. The number of carbonyl (C=O) groups excluding carboxylic acids is 1. The number of pyridine rings is 1. The van der Waals surface area contributed by atoms with Gasteiger partial charge in [-0.25, -0.2) is 0 Å². The minimum absolute atomic E-state index is 0.0639. The summed E-state index contributed by atoms with van der Waals surface area (Å²) in [6.07, 6.45) is 5.44. The van der Waals surface area contributed by atoms with Crippen molar-refractivity contribution in [2.75, 3.05) is 37.4 Å². The Morgan fingerprint density at radius 3 is 3.06 bits per heavy atom. The van der Waals surface area contributed by atoms with Gasteiger partial charge in [0, 0.05) is 26.8 Å². The standard InChI is InChI=1S/C13H20N4O/c1-17(2)12-5-7-15-9-11(12)16-13(18)10-4-3-6-14-8-10/h5,7,9-10,14H,3-4,6,8H2,1-2H3,(H,16,18)/t10-/m0/s1. The van der Waals surface area contributed by atoms with Gasteiger partial charge in [-0.2, -0.15) is 0 Å². The third kappa shape index (κ3) is 2.98. The maximum Gasteiger partial charge on any atom is 0.228 e. The Morgan fingerprint density at radius 1 is 1.56 bits per heavy atom. The lowest BCUT2D eigenvalue weighted by Crippen LogP contribution is -2.37. The third-order valence-corrected chi connectivity index (χ3v) is 3.21. The van der Waals surface area contributed by atoms with Crippen LogP contribution in [0.3, 0.4) is 0 Å². The number of nitrogens with one attached hydrogen (secondary N) is 2. The maximum atomic E-state index is 12.1. The highest BCUT2D eigenvalue weighted by Gasteiger charge is 2.21. The molecule has 0 radical (unpaired) electrons. The summed E-state index contributed by atoms with van der Waals surface area (Å²) in [4.78, 5) is 18.2. The van der Waals surface area contributed by atoms with E-state index >= 15 is 0 Å². The topological polar surface area (TPSA) is 57.3 Å². The molecule has 0 unspecified atom stereocenters. The molecule has 1 aromatic rings. The molecule has 98 valence electrons. The SMILES string of the molecule is CN(C)c1ccncc1NC(=O)[C@H]1CCCNC1. The number of anilines is 2. The van der Waals surface area contributed by atoms with E-state index in [0.717, 1.165) is 37.3 Å². The van der Waals surface area contributed by atoms with Gasteiger partial charge in [0.05, 0.1) is 23.5 Å². The predicted molar refractivity (Wildman–Crippen MR) is 72.8 cm³/mol. The van der Waals surface area contributed by atoms with E-state index in [-0.39, 0.29) is 11.8 Å². The van der Waals surface area contributed by atoms with Crippen molar-refractivity contribution in [2.45, 2.75) is 12.8 Å². The van der Waals surface area contributed by atoms with Crippen LogP contribution in [0.4, 0.5) is 11.4 Å². The lowest BCUT2D eigenvalue weighted by Gasteiger charge is -2.23. The summed E-state index contributed by atoms with van der Waals surface area (Å²) in [5, 5.41) is 6.23. The second-order valence-electron chi connectivity index (χ2n) is 4.82. The average Bonchev–Trinajstić information content (AvgIpc) is 2.40. The maximum absolute atomic E-state index is 12.1. The van der Waals surface area contributed by atoms with Crippen LogP contribution in [0.1, 0.15) is 12.8 Å². The van der Waals surface area contributed by atoms with E-state index in [1.165, 1.54) is 0 Å². The summed E-state index contributed by atoms with van der Waals surface area (Å²) < 4.78 is 0. The molecule has 1 aromatic heterocycles. The Bertz CT molecular complexity index is 413. The van der Waals surface area contributed by atoms with Crippen molar-refractivity contribution >= 4 is 17.3 Å². The van der Waals surface area contributed by atoms with Crippen LogP contribution in [0, 0.1) is 5.92 Å². The molecular weight excluding hydrogens is 228 g/mol. The summed E-state index contributed by atoms with van der Waals surface area (Å²) in [6.45, 7) is 1.78. The lowest BCUT2D eigenvalue weighted by molar-refractivity contribution is -0.120. The van der Waals surface area contributed by atoms with E-state index in [1.807, 2.05) is 25.1 Å². The Hall–Kier alpha value is -1.62. The lowest BCUT2D eigenvalue weighted by atomic mass is 9.99. The van der Waals surface area contributed by atoms with Crippen LogP contribution in [-0.2, 0) is 4.79 Å². The minimum atomic E-state index is 0.0639. The molecule has 2 N–H and O–H groups in total. The Labute approximate surface area is 108 Å². The van der Waals surface area contributed by atoms with E-state index in [4.69, 9.17) is 0 Å². The molecule has 0 saturated carbocycles. The molecule has 1 aliphatic rings. The molecule has 1 saturated heterocycles. The highest BCUT2D eigenvalue weighted by atomic mass is 16.1. The fourth-order valence-corrected chi connectivity index (χ4v) is 2.18. The zero-order valence-corrected chi connectivity index (χ0v) is 10.9. The van der Waals surface area contributed by atoms with Crippen LogP contribution in [0.2, 0.25) is 0 Å². The highest BCUT2D eigenvalue weighted by Crippen LogP contribution is 2.23. The van der Waals surface area contributed by atoms with Crippen molar-refractivity contribution in [3.05, 3.63) is 18.5 Å². The minimum Gasteiger partial charge on any atom is -0.376 e. The molecule has 5 nitrogen and oxygen atoms in total. The molecule has 0 bridgehead atoms. The van der Waals surface area contributed by atoms with E-state index in [2.05, 4.69) is 15.6 Å². The van der Waals surface area contributed by atoms with Crippen LogP contribution in [0.15, 0.2) is 18.5 Å². The zero-order valence-electron chi connectivity index (χ0n) is 10.9. The number of rotatable bonds is 3. The second-order valence-corrected chi connectivity index (χ2v) is 4.82. The zero-order chi connectivity index (χ0) is 13.0. The van der Waals surface area contributed by atoms with Gasteiger partial charge >= 0.3 is 0 Å². The molecule has 1 aliphatic heterocycles. The van der Waals surface area contributed by atoms with Gasteiger partial charge in [-0.15, -0.1) is 0 Å². The van der Waals surface area contributed by atoms with Crippen LogP contribution < -0.4 is 15.5 Å². The molecule has 0 spiro atoms. The highest BCUT2D eigenvalue weighted by molar-refractivity contribution is 5.95. The molecule has 18 heavy (non-hydrogen) atoms. The summed E-state index contributed by atoms with van der Waals surface area (Å²) in [7, 11) is 3.90. The van der Waals surface area contributed by atoms with Crippen molar-refractivity contribution < 1.29 is 4.79 Å². The molecule has 0 aliphatic carbocycles. The Morgan fingerprint density at radius 2 is 2.39 bits per heavy atom. The first kappa shape index (κ1) is 12.8. The monoisotopic (exact) mass is 248 g/mol. The van der Waals surface area contributed by atoms with Crippen molar-refractivity contribution in [1.82, 2.24) is 10.3 Å². The van der Waals surface area contributed by atoms with Crippen LogP contribution in [-0.4, -0.2) is 38.1 Å². The van der Waals surface area contributed by atoms with E-state index in [9.17, 15) is 4.79 Å². The Kier molecular flexibility index (Phi) is 4.15. The summed E-state index contributed by atoms with van der Waals surface area (Å²) in [5.74, 6) is 0.146. The second kappa shape index (κ2) is 5.82. The molecule has 0 aromatic carbocycles. The number of hydrogen-bond acceptors (Lipinski definition) is 4. The number of amides is 1. The van der Waals surface area contributed by atoms with E-state index < -0.39 is 0 Å². The van der Waals surface area contributed by atoms with Gasteiger partial charge in [0.25, 0.3) is 0 Å². The molecule has 1 atom stereocenters. The van der Waals surface area contributed by atoms with Gasteiger partial charge in [-0.3, -0.25) is 9.78 Å². The van der Waals surface area contributed by atoms with Gasteiger partial charge in [-0.1, -0.05) is 0 Å². The van der Waals surface area contributed by atoms with Gasteiger partial charge < -0.3 is 15.5 Å². The molecule has 1 amide bonds.